The van der Waals surface area contributed by atoms with Crippen molar-refractivity contribution in [2.24, 2.45) is 0 Å². The van der Waals surface area contributed by atoms with Crippen molar-refractivity contribution in [3.63, 3.8) is 0 Å². The van der Waals surface area contributed by atoms with E-state index in [9.17, 15) is 4.79 Å². The Bertz CT molecular complexity index is 665. The van der Waals surface area contributed by atoms with Gasteiger partial charge in [0.2, 0.25) is 5.82 Å². The summed E-state index contributed by atoms with van der Waals surface area (Å²) in [7, 11) is 0. The number of nitrogens with zero attached hydrogens (tertiary/aromatic N) is 2. The minimum absolute atomic E-state index is 0.0281. The molecule has 1 heterocycles. The molecule has 0 spiro atoms. The zero-order valence-corrected chi connectivity index (χ0v) is 13.3. The van der Waals surface area contributed by atoms with Crippen LogP contribution in [0.15, 0.2) is 40.4 Å². The minimum atomic E-state index is -0.416. The SMILES string of the molecule is CC(C)=CC(=O)OCc1nc(-c2ccc(C(C)C)cc2)no1. The number of carbonyl (C=O) groups excluding carboxylic acids is 1. The number of carbonyl (C=O) groups is 1. The van der Waals surface area contributed by atoms with Crippen molar-refractivity contribution in [3.8, 4) is 11.4 Å². The van der Waals surface area contributed by atoms with Crippen LogP contribution >= 0.6 is 0 Å². The highest BCUT2D eigenvalue weighted by atomic mass is 16.6. The van der Waals surface area contributed by atoms with E-state index >= 15 is 0 Å². The molecule has 0 bridgehead atoms. The van der Waals surface area contributed by atoms with Crippen LogP contribution in [-0.4, -0.2) is 16.1 Å². The molecular formula is C17H20N2O3. The van der Waals surface area contributed by atoms with Crippen LogP contribution in [0.4, 0.5) is 0 Å². The first-order chi connectivity index (χ1) is 10.5. The Hall–Kier alpha value is -2.43. The van der Waals surface area contributed by atoms with E-state index in [4.69, 9.17) is 9.26 Å². The lowest BCUT2D eigenvalue weighted by molar-refractivity contribution is -0.139. The first kappa shape index (κ1) is 15.9. The third kappa shape index (κ3) is 4.28. The van der Waals surface area contributed by atoms with Crippen LogP contribution < -0.4 is 0 Å². The molecule has 0 aliphatic carbocycles. The van der Waals surface area contributed by atoms with Gasteiger partial charge in [0.1, 0.15) is 0 Å². The van der Waals surface area contributed by atoms with Gasteiger partial charge in [-0.05, 0) is 25.3 Å². The third-order valence-electron chi connectivity index (χ3n) is 3.05. The van der Waals surface area contributed by atoms with Crippen molar-refractivity contribution in [2.45, 2.75) is 40.2 Å². The zero-order chi connectivity index (χ0) is 16.1. The van der Waals surface area contributed by atoms with Crippen LogP contribution in [0.2, 0.25) is 0 Å². The Morgan fingerprint density at radius 3 is 2.55 bits per heavy atom. The number of allylic oxidation sites excluding steroid dienone is 1. The second kappa shape index (κ2) is 7.02. The highest BCUT2D eigenvalue weighted by Crippen LogP contribution is 2.20. The van der Waals surface area contributed by atoms with Crippen LogP contribution in [-0.2, 0) is 16.1 Å². The predicted molar refractivity (Wildman–Crippen MR) is 83.1 cm³/mol. The average Bonchev–Trinajstić information content (AvgIpc) is 2.93. The molecule has 116 valence electrons. The van der Waals surface area contributed by atoms with Crippen LogP contribution in [0.3, 0.4) is 0 Å². The van der Waals surface area contributed by atoms with E-state index in [2.05, 4.69) is 24.0 Å². The summed E-state index contributed by atoms with van der Waals surface area (Å²) >= 11 is 0. The van der Waals surface area contributed by atoms with Crippen LogP contribution in [0, 0.1) is 0 Å². The molecule has 0 unspecified atom stereocenters. The molecule has 0 saturated heterocycles. The zero-order valence-electron chi connectivity index (χ0n) is 13.3. The van der Waals surface area contributed by atoms with Crippen molar-refractivity contribution in [2.75, 3.05) is 0 Å². The monoisotopic (exact) mass is 300 g/mol. The fourth-order valence-electron chi connectivity index (χ4n) is 1.86. The summed E-state index contributed by atoms with van der Waals surface area (Å²) in [6, 6.07) is 8.01. The second-order valence-corrected chi connectivity index (χ2v) is 5.62. The molecule has 0 saturated carbocycles. The van der Waals surface area contributed by atoms with Gasteiger partial charge in [-0.15, -0.1) is 0 Å². The summed E-state index contributed by atoms with van der Waals surface area (Å²) in [5.74, 6) is 0.826. The van der Waals surface area contributed by atoms with E-state index in [1.165, 1.54) is 11.6 Å². The fourth-order valence-corrected chi connectivity index (χ4v) is 1.86. The fraction of sp³-hybridized carbons (Fsp3) is 0.353. The first-order valence-electron chi connectivity index (χ1n) is 7.20. The second-order valence-electron chi connectivity index (χ2n) is 5.62. The maximum absolute atomic E-state index is 11.4. The molecule has 0 radical (unpaired) electrons. The largest absolute Gasteiger partial charge is 0.452 e. The molecule has 2 rings (SSSR count). The molecule has 0 aliphatic heterocycles. The van der Waals surface area contributed by atoms with E-state index in [-0.39, 0.29) is 12.5 Å². The summed E-state index contributed by atoms with van der Waals surface area (Å²) in [6.07, 6.45) is 1.42. The number of ether oxygens (including phenoxy) is 1. The molecule has 5 heteroatoms. The van der Waals surface area contributed by atoms with Gasteiger partial charge in [0, 0.05) is 11.6 Å². The van der Waals surface area contributed by atoms with E-state index in [1.54, 1.807) is 0 Å². The molecule has 5 nitrogen and oxygen atoms in total. The third-order valence-corrected chi connectivity index (χ3v) is 3.05. The van der Waals surface area contributed by atoms with Crippen molar-refractivity contribution >= 4 is 5.97 Å². The minimum Gasteiger partial charge on any atom is -0.452 e. The van der Waals surface area contributed by atoms with E-state index in [0.717, 1.165) is 11.1 Å². The Balaban J connectivity index is 2.02. The van der Waals surface area contributed by atoms with Gasteiger partial charge < -0.3 is 9.26 Å². The molecular weight excluding hydrogens is 280 g/mol. The summed E-state index contributed by atoms with van der Waals surface area (Å²) < 4.78 is 10.1. The molecule has 1 aromatic carbocycles. The van der Waals surface area contributed by atoms with Crippen molar-refractivity contribution < 1.29 is 14.1 Å². The quantitative estimate of drug-likeness (QED) is 0.619. The highest BCUT2D eigenvalue weighted by molar-refractivity contribution is 5.82. The molecule has 0 amide bonds. The Morgan fingerprint density at radius 1 is 1.27 bits per heavy atom. The van der Waals surface area contributed by atoms with Crippen molar-refractivity contribution in [1.29, 1.82) is 0 Å². The number of aromatic nitrogens is 2. The average molecular weight is 300 g/mol. The van der Waals surface area contributed by atoms with Gasteiger partial charge in [0.15, 0.2) is 6.61 Å². The number of hydrogen-bond acceptors (Lipinski definition) is 5. The standard InChI is InChI=1S/C17H20N2O3/c1-11(2)9-16(20)21-10-15-18-17(19-22-15)14-7-5-13(6-8-14)12(3)4/h5-9,12H,10H2,1-4H3. The Labute approximate surface area is 130 Å². The smallest absolute Gasteiger partial charge is 0.331 e. The van der Waals surface area contributed by atoms with E-state index in [1.807, 2.05) is 38.1 Å². The maximum Gasteiger partial charge on any atom is 0.331 e. The number of rotatable bonds is 5. The predicted octanol–water partition coefficient (Wildman–Crippen LogP) is 3.87. The first-order valence-corrected chi connectivity index (χ1v) is 7.20. The lowest BCUT2D eigenvalue weighted by Gasteiger charge is -2.04. The van der Waals surface area contributed by atoms with Crippen LogP contribution in [0.5, 0.6) is 0 Å². The van der Waals surface area contributed by atoms with Crippen LogP contribution in [0.1, 0.15) is 45.1 Å². The molecule has 0 N–H and O–H groups in total. The molecule has 2 aromatic rings. The normalized spacial score (nSPS) is 10.6. The lowest BCUT2D eigenvalue weighted by Crippen LogP contribution is -2.01. The molecule has 1 aromatic heterocycles. The Morgan fingerprint density at radius 2 is 1.95 bits per heavy atom. The van der Waals surface area contributed by atoms with Gasteiger partial charge in [-0.2, -0.15) is 4.98 Å². The number of benzene rings is 1. The van der Waals surface area contributed by atoms with Gasteiger partial charge >= 0.3 is 5.97 Å². The molecule has 22 heavy (non-hydrogen) atoms. The summed E-state index contributed by atoms with van der Waals surface area (Å²) in [6.45, 7) is 7.91. The van der Waals surface area contributed by atoms with Gasteiger partial charge in [0.05, 0.1) is 0 Å². The van der Waals surface area contributed by atoms with Gasteiger partial charge in [-0.1, -0.05) is 48.8 Å². The molecule has 0 aliphatic rings. The van der Waals surface area contributed by atoms with Gasteiger partial charge in [-0.3, -0.25) is 0 Å². The highest BCUT2D eigenvalue weighted by Gasteiger charge is 2.10. The van der Waals surface area contributed by atoms with Crippen molar-refractivity contribution in [3.05, 3.63) is 47.4 Å². The topological polar surface area (TPSA) is 65.2 Å². The van der Waals surface area contributed by atoms with E-state index < -0.39 is 5.97 Å². The maximum atomic E-state index is 11.4. The number of hydrogen-bond donors (Lipinski definition) is 0. The molecule has 0 fully saturated rings. The van der Waals surface area contributed by atoms with E-state index in [0.29, 0.717) is 11.7 Å². The van der Waals surface area contributed by atoms with Gasteiger partial charge in [0.25, 0.3) is 5.89 Å². The summed E-state index contributed by atoms with van der Waals surface area (Å²) in [5, 5.41) is 3.91. The summed E-state index contributed by atoms with van der Waals surface area (Å²) in [4.78, 5) is 15.6. The van der Waals surface area contributed by atoms with Crippen molar-refractivity contribution in [1.82, 2.24) is 10.1 Å². The van der Waals surface area contributed by atoms with Gasteiger partial charge in [-0.25, -0.2) is 4.79 Å². The lowest BCUT2D eigenvalue weighted by atomic mass is 10.0. The summed E-state index contributed by atoms with van der Waals surface area (Å²) in [5.41, 5.74) is 3.00. The number of esters is 1. The molecule has 0 atom stereocenters. The Kier molecular flexibility index (Phi) is 5.09. The van der Waals surface area contributed by atoms with Crippen LogP contribution in [0.25, 0.3) is 11.4 Å².